The second kappa shape index (κ2) is 6.45. The molecule has 15 heavy (non-hydrogen) atoms. The number of unbranched alkanes of at least 4 members (excludes halogenated alkanes) is 1. The summed E-state index contributed by atoms with van der Waals surface area (Å²) in [5, 5.41) is 7.04. The quantitative estimate of drug-likeness (QED) is 0.339. The highest BCUT2D eigenvalue weighted by Crippen LogP contribution is 2.22. The zero-order valence-corrected chi connectivity index (χ0v) is 9.32. The molecule has 0 aliphatic rings. The topological polar surface area (TPSA) is 49.9 Å². The number of hydrogen-bond acceptors (Lipinski definition) is 2. The smallest absolute Gasteiger partial charge is 0.136 e. The van der Waals surface area contributed by atoms with Crippen LogP contribution in [0.3, 0.4) is 0 Å². The van der Waals surface area contributed by atoms with Gasteiger partial charge in [0.05, 0.1) is 5.84 Å². The Hall–Kier alpha value is -1.03. The Labute approximate surface area is 93.6 Å². The molecular weight excluding hydrogens is 211 g/mol. The molecule has 0 spiro atoms. The van der Waals surface area contributed by atoms with Gasteiger partial charge < -0.3 is 5.73 Å². The lowest BCUT2D eigenvalue weighted by atomic mass is 10.2. The second-order valence-electron chi connectivity index (χ2n) is 3.26. The molecule has 4 heteroatoms. The summed E-state index contributed by atoms with van der Waals surface area (Å²) in [6, 6.07) is 6.78. The predicted octanol–water partition coefficient (Wildman–Crippen LogP) is 3.02. The maximum atomic E-state index is 13.2. The fourth-order valence-electron chi connectivity index (χ4n) is 1.16. The highest BCUT2D eigenvalue weighted by atomic mass is 32.2. The van der Waals surface area contributed by atoms with Gasteiger partial charge in [0.2, 0.25) is 0 Å². The monoisotopic (exact) mass is 226 g/mol. The molecule has 0 heterocycles. The Morgan fingerprint density at radius 2 is 2.07 bits per heavy atom. The first-order valence-corrected chi connectivity index (χ1v) is 5.89. The van der Waals surface area contributed by atoms with Crippen LogP contribution < -0.4 is 5.73 Å². The first-order valence-electron chi connectivity index (χ1n) is 4.90. The first-order chi connectivity index (χ1) is 7.20. The van der Waals surface area contributed by atoms with Gasteiger partial charge in [-0.3, -0.25) is 5.41 Å². The lowest BCUT2D eigenvalue weighted by molar-refractivity contribution is 0.602. The highest BCUT2D eigenvalue weighted by molar-refractivity contribution is 7.99. The molecule has 1 rings (SSSR count). The molecule has 3 N–H and O–H groups in total. The van der Waals surface area contributed by atoms with Crippen molar-refractivity contribution in [3.05, 3.63) is 30.1 Å². The summed E-state index contributed by atoms with van der Waals surface area (Å²) in [5.74, 6) is 0.939. The molecule has 0 amide bonds. The molecule has 82 valence electrons. The van der Waals surface area contributed by atoms with Crippen LogP contribution in [-0.2, 0) is 0 Å². The molecule has 1 aromatic rings. The standard InChI is InChI=1S/C11H15FN2S/c12-9-5-1-2-6-10(9)15-8-4-3-7-11(13)14/h1-2,5-6H,3-4,7-8H2,(H3,13,14). The van der Waals surface area contributed by atoms with Crippen molar-refractivity contribution in [3.8, 4) is 0 Å². The van der Waals surface area contributed by atoms with Crippen LogP contribution in [0.1, 0.15) is 19.3 Å². The molecule has 0 unspecified atom stereocenters. The number of amidine groups is 1. The molecule has 0 radical (unpaired) electrons. The number of benzene rings is 1. The van der Waals surface area contributed by atoms with E-state index in [0.29, 0.717) is 11.3 Å². The molecule has 0 aromatic heterocycles. The maximum absolute atomic E-state index is 13.2. The van der Waals surface area contributed by atoms with Crippen LogP contribution >= 0.6 is 11.8 Å². The fourth-order valence-corrected chi connectivity index (χ4v) is 2.11. The average molecular weight is 226 g/mol. The van der Waals surface area contributed by atoms with E-state index in [1.165, 1.54) is 17.8 Å². The number of nitrogens with one attached hydrogen (secondary N) is 1. The van der Waals surface area contributed by atoms with Crippen molar-refractivity contribution in [2.45, 2.75) is 24.2 Å². The molecule has 0 aliphatic carbocycles. The van der Waals surface area contributed by atoms with Crippen LogP contribution in [-0.4, -0.2) is 11.6 Å². The SMILES string of the molecule is N=C(N)CCCCSc1ccccc1F. The van der Waals surface area contributed by atoms with E-state index in [-0.39, 0.29) is 11.7 Å². The molecule has 2 nitrogen and oxygen atoms in total. The summed E-state index contributed by atoms with van der Waals surface area (Å²) in [4.78, 5) is 0.695. The number of hydrogen-bond donors (Lipinski definition) is 2. The Bertz CT molecular complexity index is 328. The van der Waals surface area contributed by atoms with E-state index in [0.717, 1.165) is 18.6 Å². The third-order valence-corrected chi connectivity index (χ3v) is 3.07. The van der Waals surface area contributed by atoms with Gasteiger partial charge in [0, 0.05) is 11.3 Å². The Balaban J connectivity index is 2.21. The van der Waals surface area contributed by atoms with Crippen molar-refractivity contribution in [3.63, 3.8) is 0 Å². The zero-order chi connectivity index (χ0) is 11.1. The number of halogens is 1. The summed E-state index contributed by atoms with van der Waals surface area (Å²) in [6.07, 6.45) is 2.49. The van der Waals surface area contributed by atoms with Crippen molar-refractivity contribution in [2.75, 3.05) is 5.75 Å². The Kier molecular flexibility index (Phi) is 5.18. The molecule has 0 saturated carbocycles. The minimum Gasteiger partial charge on any atom is -0.388 e. The van der Waals surface area contributed by atoms with E-state index in [2.05, 4.69) is 0 Å². The molecule has 1 aromatic carbocycles. The highest BCUT2D eigenvalue weighted by Gasteiger charge is 2.00. The van der Waals surface area contributed by atoms with Crippen molar-refractivity contribution < 1.29 is 4.39 Å². The second-order valence-corrected chi connectivity index (χ2v) is 4.40. The lowest BCUT2D eigenvalue weighted by Crippen LogP contribution is -2.08. The molecule has 0 atom stereocenters. The summed E-state index contributed by atoms with van der Waals surface area (Å²) in [6.45, 7) is 0. The van der Waals surface area contributed by atoms with Gasteiger partial charge in [-0.15, -0.1) is 11.8 Å². The van der Waals surface area contributed by atoms with E-state index >= 15 is 0 Å². The minimum atomic E-state index is -0.158. The molecular formula is C11H15FN2S. The Morgan fingerprint density at radius 1 is 1.33 bits per heavy atom. The maximum Gasteiger partial charge on any atom is 0.136 e. The summed E-state index contributed by atoms with van der Waals surface area (Å²) in [7, 11) is 0. The van der Waals surface area contributed by atoms with Gasteiger partial charge in [0.15, 0.2) is 0 Å². The third kappa shape index (κ3) is 4.83. The summed E-state index contributed by atoms with van der Waals surface area (Å²) < 4.78 is 13.2. The largest absolute Gasteiger partial charge is 0.388 e. The van der Waals surface area contributed by atoms with Gasteiger partial charge in [0.1, 0.15) is 5.82 Å². The average Bonchev–Trinajstić information content (AvgIpc) is 2.20. The van der Waals surface area contributed by atoms with Gasteiger partial charge >= 0.3 is 0 Å². The summed E-state index contributed by atoms with van der Waals surface area (Å²) in [5.41, 5.74) is 5.23. The molecule has 0 aliphatic heterocycles. The minimum absolute atomic E-state index is 0.158. The molecule has 0 fully saturated rings. The van der Waals surface area contributed by atoms with Crippen LogP contribution in [0.15, 0.2) is 29.2 Å². The zero-order valence-electron chi connectivity index (χ0n) is 8.50. The van der Waals surface area contributed by atoms with E-state index in [1.54, 1.807) is 12.1 Å². The van der Waals surface area contributed by atoms with Crippen molar-refractivity contribution in [2.24, 2.45) is 5.73 Å². The van der Waals surface area contributed by atoms with E-state index in [9.17, 15) is 4.39 Å². The van der Waals surface area contributed by atoms with Crippen molar-refractivity contribution in [1.82, 2.24) is 0 Å². The van der Waals surface area contributed by atoms with E-state index in [1.807, 2.05) is 6.07 Å². The van der Waals surface area contributed by atoms with Crippen LogP contribution in [0.5, 0.6) is 0 Å². The van der Waals surface area contributed by atoms with Crippen molar-refractivity contribution in [1.29, 1.82) is 5.41 Å². The van der Waals surface area contributed by atoms with E-state index < -0.39 is 0 Å². The fraction of sp³-hybridized carbons (Fsp3) is 0.364. The third-order valence-electron chi connectivity index (χ3n) is 1.93. The number of rotatable bonds is 6. The Morgan fingerprint density at radius 3 is 2.73 bits per heavy atom. The van der Waals surface area contributed by atoms with Crippen LogP contribution in [0.25, 0.3) is 0 Å². The van der Waals surface area contributed by atoms with Crippen LogP contribution in [0.2, 0.25) is 0 Å². The first kappa shape index (κ1) is 12.0. The van der Waals surface area contributed by atoms with Crippen LogP contribution in [0.4, 0.5) is 4.39 Å². The summed E-state index contributed by atoms with van der Waals surface area (Å²) >= 11 is 1.51. The van der Waals surface area contributed by atoms with Crippen LogP contribution in [0, 0.1) is 11.2 Å². The van der Waals surface area contributed by atoms with E-state index in [4.69, 9.17) is 11.1 Å². The normalized spacial score (nSPS) is 10.2. The number of thioether (sulfide) groups is 1. The predicted molar refractivity (Wildman–Crippen MR) is 62.9 cm³/mol. The van der Waals surface area contributed by atoms with Gasteiger partial charge in [-0.1, -0.05) is 12.1 Å². The molecule has 0 saturated heterocycles. The lowest BCUT2D eigenvalue weighted by Gasteiger charge is -2.02. The van der Waals surface area contributed by atoms with Gasteiger partial charge in [0.25, 0.3) is 0 Å². The molecule has 0 bridgehead atoms. The van der Waals surface area contributed by atoms with Gasteiger partial charge in [-0.2, -0.15) is 0 Å². The van der Waals surface area contributed by atoms with Gasteiger partial charge in [-0.05, 0) is 30.7 Å². The number of nitrogens with two attached hydrogens (primary N) is 1. The van der Waals surface area contributed by atoms with Crippen molar-refractivity contribution >= 4 is 17.6 Å². The van der Waals surface area contributed by atoms with Gasteiger partial charge in [-0.25, -0.2) is 4.39 Å².